The van der Waals surface area contributed by atoms with Gasteiger partial charge in [0, 0.05) is 12.2 Å². The molecule has 4 rings (SSSR count). The van der Waals surface area contributed by atoms with Crippen molar-refractivity contribution in [3.8, 4) is 0 Å². The van der Waals surface area contributed by atoms with E-state index in [-0.39, 0.29) is 21.1 Å². The molecule has 172 valence electrons. The molecule has 0 atom stereocenters. The van der Waals surface area contributed by atoms with E-state index in [9.17, 15) is 19.5 Å². The van der Waals surface area contributed by atoms with E-state index < -0.39 is 11.9 Å². The van der Waals surface area contributed by atoms with E-state index in [1.165, 1.54) is 32.1 Å². The molecule has 32 heavy (non-hydrogen) atoms. The summed E-state index contributed by atoms with van der Waals surface area (Å²) in [5, 5.41) is 12.1. The van der Waals surface area contributed by atoms with E-state index in [4.69, 9.17) is 0 Å². The van der Waals surface area contributed by atoms with Crippen LogP contribution < -0.4 is 10.9 Å². The third-order valence-electron chi connectivity index (χ3n) is 6.72. The average molecular weight is 458 g/mol. The number of nitrogens with zero attached hydrogens (tertiary/aromatic N) is 2. The minimum absolute atomic E-state index is 0.0909. The van der Waals surface area contributed by atoms with Gasteiger partial charge < -0.3 is 9.67 Å². The number of aryl methyl sites for hydroxylation is 2. The number of carbonyl (C=O) groups excluding carboxylic acids is 1. The molecular formula is C24H31N3O4S. The number of anilines is 1. The van der Waals surface area contributed by atoms with Crippen LogP contribution in [-0.4, -0.2) is 26.5 Å². The van der Waals surface area contributed by atoms with Crippen LogP contribution in [0.2, 0.25) is 0 Å². The maximum atomic E-state index is 13.5. The normalized spacial score (nSPS) is 17.3. The number of thiazole rings is 1. The maximum absolute atomic E-state index is 13.5. The molecule has 2 aromatic heterocycles. The van der Waals surface area contributed by atoms with Gasteiger partial charge in [0.1, 0.15) is 10.4 Å². The fraction of sp³-hybridized carbons (Fsp3) is 0.583. The lowest BCUT2D eigenvalue weighted by atomic mass is 9.88. The summed E-state index contributed by atoms with van der Waals surface area (Å²) in [6.07, 6.45) is 12.2. The quantitative estimate of drug-likeness (QED) is 0.671. The Kier molecular flexibility index (Phi) is 7.08. The smallest absolute Gasteiger partial charge is 0.347 e. The molecule has 0 aromatic carbocycles. The van der Waals surface area contributed by atoms with Crippen LogP contribution in [0, 0.1) is 12.8 Å². The molecule has 2 aliphatic carbocycles. The first-order chi connectivity index (χ1) is 15.4. The van der Waals surface area contributed by atoms with Gasteiger partial charge in [-0.25, -0.2) is 9.78 Å². The molecule has 1 amide bonds. The number of aromatic carboxylic acids is 1. The minimum Gasteiger partial charge on any atom is -0.477 e. The molecule has 2 aromatic rings. The van der Waals surface area contributed by atoms with Crippen molar-refractivity contribution in [1.82, 2.24) is 9.55 Å². The number of aromatic nitrogens is 2. The second-order valence-electron chi connectivity index (χ2n) is 9.06. The van der Waals surface area contributed by atoms with Crippen LogP contribution in [0.1, 0.15) is 94.8 Å². The van der Waals surface area contributed by atoms with Gasteiger partial charge in [0.2, 0.25) is 0 Å². The van der Waals surface area contributed by atoms with Crippen molar-refractivity contribution >= 4 is 28.3 Å². The van der Waals surface area contributed by atoms with Crippen molar-refractivity contribution in [2.75, 3.05) is 5.32 Å². The fourth-order valence-corrected chi connectivity index (χ4v) is 5.83. The van der Waals surface area contributed by atoms with Gasteiger partial charge in [0.15, 0.2) is 5.13 Å². The van der Waals surface area contributed by atoms with E-state index in [0.717, 1.165) is 61.1 Å². The molecule has 1 fully saturated rings. The Balaban J connectivity index is 1.69. The van der Waals surface area contributed by atoms with E-state index in [1.54, 1.807) is 13.0 Å². The predicted molar refractivity (Wildman–Crippen MR) is 125 cm³/mol. The number of carboxylic acid groups (broad SMARTS) is 1. The molecule has 2 aliphatic rings. The highest BCUT2D eigenvalue weighted by Crippen LogP contribution is 2.28. The van der Waals surface area contributed by atoms with Gasteiger partial charge in [-0.05, 0) is 63.0 Å². The second-order valence-corrected chi connectivity index (χ2v) is 10.1. The van der Waals surface area contributed by atoms with Gasteiger partial charge in [-0.3, -0.25) is 14.9 Å². The minimum atomic E-state index is -1.07. The molecule has 0 bridgehead atoms. The van der Waals surface area contributed by atoms with Crippen molar-refractivity contribution in [2.24, 2.45) is 5.92 Å². The number of pyridine rings is 1. The number of hydrogen-bond donors (Lipinski definition) is 2. The van der Waals surface area contributed by atoms with Crippen LogP contribution in [0.4, 0.5) is 5.13 Å². The van der Waals surface area contributed by atoms with Crippen LogP contribution >= 0.6 is 11.3 Å². The van der Waals surface area contributed by atoms with Crippen LogP contribution in [0.15, 0.2) is 10.9 Å². The Bertz CT molecular complexity index is 1070. The largest absolute Gasteiger partial charge is 0.477 e. The molecule has 0 aliphatic heterocycles. The molecule has 8 heteroatoms. The van der Waals surface area contributed by atoms with Crippen molar-refractivity contribution < 1.29 is 14.7 Å². The first kappa shape index (κ1) is 22.7. The third kappa shape index (κ3) is 4.95. The Morgan fingerprint density at radius 1 is 1.12 bits per heavy atom. The molecular weight excluding hydrogens is 426 g/mol. The summed E-state index contributed by atoms with van der Waals surface area (Å²) >= 11 is 0.913. The van der Waals surface area contributed by atoms with Crippen molar-refractivity contribution in [2.45, 2.75) is 84.1 Å². The summed E-state index contributed by atoms with van der Waals surface area (Å²) in [4.78, 5) is 42.2. The average Bonchev–Trinajstić information content (AvgIpc) is 3.12. The molecule has 2 N–H and O–H groups in total. The molecule has 0 radical (unpaired) electrons. The van der Waals surface area contributed by atoms with Crippen LogP contribution in [0.25, 0.3) is 0 Å². The number of rotatable bonds is 5. The monoisotopic (exact) mass is 457 g/mol. The maximum Gasteiger partial charge on any atom is 0.347 e. The highest BCUT2D eigenvalue weighted by atomic mass is 32.1. The van der Waals surface area contributed by atoms with E-state index in [0.29, 0.717) is 18.2 Å². The molecule has 7 nitrogen and oxygen atoms in total. The van der Waals surface area contributed by atoms with E-state index in [1.807, 2.05) is 4.57 Å². The zero-order chi connectivity index (χ0) is 22.7. The Labute approximate surface area is 191 Å². The fourth-order valence-electron chi connectivity index (χ4n) is 5.03. The highest BCUT2D eigenvalue weighted by molar-refractivity contribution is 7.17. The van der Waals surface area contributed by atoms with E-state index in [2.05, 4.69) is 10.3 Å². The summed E-state index contributed by atoms with van der Waals surface area (Å²) in [5.41, 5.74) is 2.46. The van der Waals surface area contributed by atoms with Gasteiger partial charge >= 0.3 is 5.97 Å². The summed E-state index contributed by atoms with van der Waals surface area (Å²) in [5.74, 6) is -1.10. The lowest BCUT2D eigenvalue weighted by Gasteiger charge is -2.26. The van der Waals surface area contributed by atoms with Crippen molar-refractivity contribution in [1.29, 1.82) is 0 Å². The van der Waals surface area contributed by atoms with Gasteiger partial charge in [-0.1, -0.05) is 43.4 Å². The van der Waals surface area contributed by atoms with Crippen molar-refractivity contribution in [3.05, 3.63) is 43.8 Å². The van der Waals surface area contributed by atoms with E-state index >= 15 is 0 Å². The van der Waals surface area contributed by atoms with Crippen LogP contribution in [0.5, 0.6) is 0 Å². The Hall–Kier alpha value is -2.48. The standard InChI is InChI=1S/C24H31N3O4S/c1-15-20(23(30)31)32-24(25-15)26-21(28)18-13-17-11-7-2-3-8-12-19(17)27(22(18)29)14-16-9-5-4-6-10-16/h13,16H,2-12,14H2,1H3,(H,30,31)(H,25,26,28). The Morgan fingerprint density at radius 3 is 2.50 bits per heavy atom. The SMILES string of the molecule is Cc1nc(NC(=O)c2cc3c(n(CC4CCCCC4)c2=O)CCCCCC3)sc1C(=O)O. The van der Waals surface area contributed by atoms with Gasteiger partial charge in [-0.2, -0.15) is 0 Å². The lowest BCUT2D eigenvalue weighted by molar-refractivity contribution is 0.0701. The van der Waals surface area contributed by atoms with Crippen molar-refractivity contribution in [3.63, 3.8) is 0 Å². The molecule has 0 saturated heterocycles. The summed E-state index contributed by atoms with van der Waals surface area (Å²) in [7, 11) is 0. The molecule has 0 spiro atoms. The highest BCUT2D eigenvalue weighted by Gasteiger charge is 2.24. The summed E-state index contributed by atoms with van der Waals surface area (Å²) < 4.78 is 1.89. The van der Waals surface area contributed by atoms with Crippen LogP contribution in [0.3, 0.4) is 0 Å². The second kappa shape index (κ2) is 9.98. The van der Waals surface area contributed by atoms with Crippen LogP contribution in [-0.2, 0) is 19.4 Å². The molecule has 1 saturated carbocycles. The summed E-state index contributed by atoms with van der Waals surface area (Å²) in [6.45, 7) is 2.28. The molecule has 0 unspecified atom stereocenters. The van der Waals surface area contributed by atoms with Gasteiger partial charge in [0.05, 0.1) is 5.69 Å². The first-order valence-corrected chi connectivity index (χ1v) is 12.5. The lowest BCUT2D eigenvalue weighted by Crippen LogP contribution is -2.35. The molecule has 2 heterocycles. The third-order valence-corrected chi connectivity index (χ3v) is 7.78. The van der Waals surface area contributed by atoms with Gasteiger partial charge in [0.25, 0.3) is 11.5 Å². The predicted octanol–water partition coefficient (Wildman–Crippen LogP) is 4.80. The number of carbonyl (C=O) groups is 2. The zero-order valence-electron chi connectivity index (χ0n) is 18.6. The zero-order valence-corrected chi connectivity index (χ0v) is 19.4. The van der Waals surface area contributed by atoms with Gasteiger partial charge in [-0.15, -0.1) is 0 Å². The summed E-state index contributed by atoms with van der Waals surface area (Å²) in [6, 6.07) is 1.77. The number of fused-ring (bicyclic) bond motifs is 1. The number of hydrogen-bond acceptors (Lipinski definition) is 5. The number of carboxylic acids is 1. The Morgan fingerprint density at radius 2 is 1.81 bits per heavy atom. The topological polar surface area (TPSA) is 101 Å². The first-order valence-electron chi connectivity index (χ1n) is 11.7. The number of nitrogens with one attached hydrogen (secondary N) is 1. The number of amides is 1.